The molecule has 1 rings (SSSR count). The maximum absolute atomic E-state index is 6.04. The smallest absolute Gasteiger partial charge is 0.0233 e. The Labute approximate surface area is 106 Å². The zero-order chi connectivity index (χ0) is 12.9. The molecule has 1 unspecified atom stereocenters. The third-order valence-corrected chi connectivity index (χ3v) is 3.56. The molecule has 1 aromatic rings. The molecule has 2 heteroatoms. The lowest BCUT2D eigenvalue weighted by Crippen LogP contribution is -2.44. The van der Waals surface area contributed by atoms with Gasteiger partial charge < -0.3 is 5.73 Å². The van der Waals surface area contributed by atoms with Gasteiger partial charge in [0.05, 0.1) is 0 Å². The summed E-state index contributed by atoms with van der Waals surface area (Å²) in [6, 6.07) is 10.8. The van der Waals surface area contributed by atoms with Crippen LogP contribution in [0.15, 0.2) is 30.3 Å². The topological polar surface area (TPSA) is 29.3 Å². The molecule has 96 valence electrons. The van der Waals surface area contributed by atoms with E-state index in [1.165, 1.54) is 5.56 Å². The Balaban J connectivity index is 2.61. The molecule has 0 spiro atoms. The van der Waals surface area contributed by atoms with Gasteiger partial charge in [-0.15, -0.1) is 0 Å². The first-order valence-electron chi connectivity index (χ1n) is 6.47. The average molecular weight is 234 g/mol. The monoisotopic (exact) mass is 234 g/mol. The first-order valence-corrected chi connectivity index (χ1v) is 6.47. The van der Waals surface area contributed by atoms with Crippen molar-refractivity contribution in [2.75, 3.05) is 13.1 Å². The van der Waals surface area contributed by atoms with Gasteiger partial charge in [-0.2, -0.15) is 0 Å². The van der Waals surface area contributed by atoms with E-state index in [0.29, 0.717) is 0 Å². The fraction of sp³-hybridized carbons (Fsp3) is 0.600. The van der Waals surface area contributed by atoms with E-state index < -0.39 is 0 Å². The van der Waals surface area contributed by atoms with Crippen molar-refractivity contribution in [1.29, 1.82) is 0 Å². The second-order valence-electron chi connectivity index (χ2n) is 5.57. The highest BCUT2D eigenvalue weighted by molar-refractivity contribution is 5.14. The number of benzene rings is 1. The molecule has 0 fully saturated rings. The third-order valence-electron chi connectivity index (χ3n) is 3.56. The first kappa shape index (κ1) is 14.2. The summed E-state index contributed by atoms with van der Waals surface area (Å²) >= 11 is 0. The van der Waals surface area contributed by atoms with Crippen LogP contribution in [0.5, 0.6) is 0 Å². The number of hydrogen-bond donors (Lipinski definition) is 1. The Bertz CT molecular complexity index is 317. The van der Waals surface area contributed by atoms with Crippen LogP contribution in [0, 0.1) is 5.41 Å². The lowest BCUT2D eigenvalue weighted by Gasteiger charge is -2.35. The Hall–Kier alpha value is -0.860. The number of rotatable bonds is 6. The predicted octanol–water partition coefficient (Wildman–Crippen LogP) is 2.88. The third kappa shape index (κ3) is 4.49. The van der Waals surface area contributed by atoms with Crippen molar-refractivity contribution >= 4 is 0 Å². The second kappa shape index (κ2) is 6.18. The molecule has 0 heterocycles. The van der Waals surface area contributed by atoms with Gasteiger partial charge in [-0.3, -0.25) is 4.90 Å². The Morgan fingerprint density at radius 3 is 2.29 bits per heavy atom. The van der Waals surface area contributed by atoms with Crippen molar-refractivity contribution in [2.24, 2.45) is 11.1 Å². The molecular weight excluding hydrogens is 208 g/mol. The van der Waals surface area contributed by atoms with Gasteiger partial charge in [-0.1, -0.05) is 51.1 Å². The molecular formula is C15H26N2. The summed E-state index contributed by atoms with van der Waals surface area (Å²) in [6.45, 7) is 11.9. The molecule has 0 saturated heterocycles. The SMILES string of the molecule is CCN(Cc1ccccc1)CC(C)(C)C(C)N. The Kier molecular flexibility index (Phi) is 5.16. The summed E-state index contributed by atoms with van der Waals surface area (Å²) in [5, 5.41) is 0. The molecule has 2 nitrogen and oxygen atoms in total. The normalized spacial score (nSPS) is 14.0. The molecule has 0 aliphatic rings. The predicted molar refractivity (Wildman–Crippen MR) is 74.8 cm³/mol. The highest BCUT2D eigenvalue weighted by atomic mass is 15.1. The lowest BCUT2D eigenvalue weighted by molar-refractivity contribution is 0.157. The first-order chi connectivity index (χ1) is 7.95. The van der Waals surface area contributed by atoms with Crippen molar-refractivity contribution in [3.8, 4) is 0 Å². The van der Waals surface area contributed by atoms with Crippen LogP contribution in [-0.4, -0.2) is 24.0 Å². The van der Waals surface area contributed by atoms with Crippen LogP contribution in [0.2, 0.25) is 0 Å². The molecule has 0 bridgehead atoms. The van der Waals surface area contributed by atoms with Gasteiger partial charge >= 0.3 is 0 Å². The second-order valence-corrected chi connectivity index (χ2v) is 5.57. The van der Waals surface area contributed by atoms with E-state index in [-0.39, 0.29) is 11.5 Å². The van der Waals surface area contributed by atoms with Gasteiger partial charge in [-0.05, 0) is 24.4 Å². The van der Waals surface area contributed by atoms with Crippen LogP contribution in [0.4, 0.5) is 0 Å². The quantitative estimate of drug-likeness (QED) is 0.820. The molecule has 0 saturated carbocycles. The van der Waals surface area contributed by atoms with E-state index in [2.05, 4.69) is 62.9 Å². The molecule has 2 N–H and O–H groups in total. The minimum atomic E-state index is 0.158. The van der Waals surface area contributed by atoms with Crippen LogP contribution in [-0.2, 0) is 6.54 Å². The van der Waals surface area contributed by atoms with Crippen LogP contribution in [0.3, 0.4) is 0 Å². The molecule has 1 atom stereocenters. The van der Waals surface area contributed by atoms with Gasteiger partial charge in [0.15, 0.2) is 0 Å². The summed E-state index contributed by atoms with van der Waals surface area (Å²) < 4.78 is 0. The summed E-state index contributed by atoms with van der Waals surface area (Å²) in [7, 11) is 0. The van der Waals surface area contributed by atoms with E-state index in [0.717, 1.165) is 19.6 Å². The molecule has 0 radical (unpaired) electrons. The lowest BCUT2D eigenvalue weighted by atomic mass is 9.85. The number of nitrogens with two attached hydrogens (primary N) is 1. The van der Waals surface area contributed by atoms with E-state index in [9.17, 15) is 0 Å². The van der Waals surface area contributed by atoms with Crippen molar-refractivity contribution in [2.45, 2.75) is 40.3 Å². The van der Waals surface area contributed by atoms with E-state index >= 15 is 0 Å². The maximum atomic E-state index is 6.04. The maximum Gasteiger partial charge on any atom is 0.0233 e. The number of nitrogens with zero attached hydrogens (tertiary/aromatic N) is 1. The van der Waals surface area contributed by atoms with Gasteiger partial charge in [0, 0.05) is 19.1 Å². The molecule has 17 heavy (non-hydrogen) atoms. The Morgan fingerprint density at radius 2 is 1.82 bits per heavy atom. The summed E-state index contributed by atoms with van der Waals surface area (Å²) in [4.78, 5) is 2.46. The molecule has 0 aliphatic carbocycles. The fourth-order valence-electron chi connectivity index (χ4n) is 1.84. The largest absolute Gasteiger partial charge is 0.327 e. The summed E-state index contributed by atoms with van der Waals surface area (Å²) in [5.41, 5.74) is 7.57. The molecule has 0 aromatic heterocycles. The highest BCUT2D eigenvalue weighted by Gasteiger charge is 2.25. The fourth-order valence-corrected chi connectivity index (χ4v) is 1.84. The minimum Gasteiger partial charge on any atom is -0.327 e. The standard InChI is InChI=1S/C15H26N2/c1-5-17(12-15(3,4)13(2)16)11-14-9-7-6-8-10-14/h6-10,13H,5,11-12,16H2,1-4H3. The van der Waals surface area contributed by atoms with Crippen molar-refractivity contribution in [3.05, 3.63) is 35.9 Å². The van der Waals surface area contributed by atoms with E-state index in [4.69, 9.17) is 5.73 Å². The summed E-state index contributed by atoms with van der Waals surface area (Å²) in [6.07, 6.45) is 0. The van der Waals surface area contributed by atoms with E-state index in [1.54, 1.807) is 0 Å². The van der Waals surface area contributed by atoms with Crippen LogP contribution >= 0.6 is 0 Å². The van der Waals surface area contributed by atoms with Crippen LogP contribution < -0.4 is 5.73 Å². The van der Waals surface area contributed by atoms with Crippen LogP contribution in [0.1, 0.15) is 33.3 Å². The van der Waals surface area contributed by atoms with Crippen molar-refractivity contribution < 1.29 is 0 Å². The average Bonchev–Trinajstić information content (AvgIpc) is 2.29. The van der Waals surface area contributed by atoms with Crippen molar-refractivity contribution in [3.63, 3.8) is 0 Å². The molecule has 0 aliphatic heterocycles. The van der Waals surface area contributed by atoms with Gasteiger partial charge in [0.2, 0.25) is 0 Å². The zero-order valence-corrected chi connectivity index (χ0v) is 11.6. The summed E-state index contributed by atoms with van der Waals surface area (Å²) in [5.74, 6) is 0. The van der Waals surface area contributed by atoms with Gasteiger partial charge in [0.25, 0.3) is 0 Å². The van der Waals surface area contributed by atoms with Gasteiger partial charge in [0.1, 0.15) is 0 Å². The molecule has 1 aromatic carbocycles. The van der Waals surface area contributed by atoms with Crippen molar-refractivity contribution in [1.82, 2.24) is 4.90 Å². The van der Waals surface area contributed by atoms with Crippen LogP contribution in [0.25, 0.3) is 0 Å². The van der Waals surface area contributed by atoms with Gasteiger partial charge in [-0.25, -0.2) is 0 Å². The minimum absolute atomic E-state index is 0.158. The highest BCUT2D eigenvalue weighted by Crippen LogP contribution is 2.21. The zero-order valence-electron chi connectivity index (χ0n) is 11.6. The number of hydrogen-bond acceptors (Lipinski definition) is 2. The van der Waals surface area contributed by atoms with E-state index in [1.807, 2.05) is 0 Å². The molecule has 0 amide bonds. The Morgan fingerprint density at radius 1 is 1.24 bits per heavy atom.